The van der Waals surface area contributed by atoms with Gasteiger partial charge in [-0.15, -0.1) is 0 Å². The van der Waals surface area contributed by atoms with Gasteiger partial charge in [0.15, 0.2) is 0 Å². The highest BCUT2D eigenvalue weighted by Gasteiger charge is 2.32. The van der Waals surface area contributed by atoms with Crippen molar-refractivity contribution in [3.05, 3.63) is 41.8 Å². The van der Waals surface area contributed by atoms with Gasteiger partial charge in [0, 0.05) is 53.4 Å². The lowest BCUT2D eigenvalue weighted by Gasteiger charge is -2.36. The number of amides is 1. The topological polar surface area (TPSA) is 94.7 Å². The molecule has 0 atom stereocenters. The number of nitrogens with zero attached hydrogens (tertiary/aromatic N) is 2. The standard InChI is InChI=1S/C28H35ClN6O/c29-25-14-18(24-16-31-27-23(24)2-1-13-30-27)15-26(35-25)33-21-9-5-19(6-10-21)32-20-7-11-22(12-8-20)34-28(36)17-3-4-17/h1-2,13-17,19-22,32H,3-12H2,(H,30,31)(H,33,35)(H,34,36). The number of aromatic amines is 1. The minimum absolute atomic E-state index is 0.289. The average Bonchev–Trinajstić information content (AvgIpc) is 3.65. The highest BCUT2D eigenvalue weighted by atomic mass is 35.5. The highest BCUT2D eigenvalue weighted by molar-refractivity contribution is 6.29. The first-order valence-electron chi connectivity index (χ1n) is 13.5. The van der Waals surface area contributed by atoms with Crippen LogP contribution in [0.3, 0.4) is 0 Å². The van der Waals surface area contributed by atoms with Crippen LogP contribution in [0, 0.1) is 5.92 Å². The van der Waals surface area contributed by atoms with Gasteiger partial charge in [-0.1, -0.05) is 11.6 Å². The van der Waals surface area contributed by atoms with E-state index in [4.69, 9.17) is 11.6 Å². The number of halogens is 1. The Morgan fingerprint density at radius 1 is 0.917 bits per heavy atom. The molecule has 0 saturated heterocycles. The Bertz CT molecular complexity index is 1210. The molecule has 0 radical (unpaired) electrons. The summed E-state index contributed by atoms with van der Waals surface area (Å²) in [6.07, 6.45) is 15.0. The van der Waals surface area contributed by atoms with E-state index in [2.05, 4.69) is 43.0 Å². The lowest BCUT2D eigenvalue weighted by atomic mass is 9.87. The number of pyridine rings is 2. The Balaban J connectivity index is 0.993. The first kappa shape index (κ1) is 23.7. The van der Waals surface area contributed by atoms with E-state index < -0.39 is 0 Å². The molecule has 3 fully saturated rings. The molecule has 3 aromatic heterocycles. The van der Waals surface area contributed by atoms with Gasteiger partial charge in [0.05, 0.1) is 0 Å². The van der Waals surface area contributed by atoms with Crippen LogP contribution >= 0.6 is 11.6 Å². The van der Waals surface area contributed by atoms with Gasteiger partial charge in [0.2, 0.25) is 5.91 Å². The second kappa shape index (κ2) is 10.4. The van der Waals surface area contributed by atoms with Crippen molar-refractivity contribution >= 4 is 34.4 Å². The van der Waals surface area contributed by atoms with Crippen LogP contribution in [0.15, 0.2) is 36.7 Å². The molecular weight excluding hydrogens is 472 g/mol. The van der Waals surface area contributed by atoms with E-state index in [1.165, 1.54) is 0 Å². The number of aromatic nitrogens is 3. The first-order valence-corrected chi connectivity index (χ1v) is 13.9. The van der Waals surface area contributed by atoms with E-state index in [1.54, 1.807) is 6.20 Å². The van der Waals surface area contributed by atoms with Crippen LogP contribution in [0.1, 0.15) is 64.2 Å². The van der Waals surface area contributed by atoms with Crippen molar-refractivity contribution in [1.29, 1.82) is 0 Å². The van der Waals surface area contributed by atoms with E-state index in [0.717, 1.165) is 92.2 Å². The number of hydrogen-bond donors (Lipinski definition) is 4. The molecule has 4 N–H and O–H groups in total. The third-order valence-electron chi connectivity index (χ3n) is 8.13. The molecule has 1 amide bonds. The summed E-state index contributed by atoms with van der Waals surface area (Å²) >= 11 is 6.41. The van der Waals surface area contributed by atoms with Gasteiger partial charge >= 0.3 is 0 Å². The number of fused-ring (bicyclic) bond motifs is 1. The van der Waals surface area contributed by atoms with Crippen LogP contribution in [0.25, 0.3) is 22.2 Å². The second-order valence-corrected chi connectivity index (χ2v) is 11.2. The number of anilines is 1. The van der Waals surface area contributed by atoms with Gasteiger partial charge in [-0.3, -0.25) is 4.79 Å². The van der Waals surface area contributed by atoms with Crippen LogP contribution in [-0.4, -0.2) is 45.0 Å². The predicted octanol–water partition coefficient (Wildman–Crippen LogP) is 5.43. The van der Waals surface area contributed by atoms with Crippen LogP contribution in [0.4, 0.5) is 5.82 Å². The largest absolute Gasteiger partial charge is 0.367 e. The van der Waals surface area contributed by atoms with Crippen molar-refractivity contribution in [3.8, 4) is 11.1 Å². The smallest absolute Gasteiger partial charge is 0.223 e. The molecule has 0 unspecified atom stereocenters. The molecule has 6 rings (SSSR count). The van der Waals surface area contributed by atoms with Crippen molar-refractivity contribution in [3.63, 3.8) is 0 Å². The van der Waals surface area contributed by atoms with Gasteiger partial charge in [0.1, 0.15) is 16.6 Å². The normalized spacial score (nSPS) is 26.6. The molecule has 3 aliphatic rings. The molecule has 3 aliphatic carbocycles. The van der Waals surface area contributed by atoms with Crippen LogP contribution in [0.2, 0.25) is 5.15 Å². The van der Waals surface area contributed by atoms with Crippen LogP contribution in [0.5, 0.6) is 0 Å². The van der Waals surface area contributed by atoms with Crippen molar-refractivity contribution < 1.29 is 4.79 Å². The molecule has 3 aromatic rings. The number of carbonyl (C=O) groups excluding carboxylic acids is 1. The van der Waals surface area contributed by atoms with Crippen molar-refractivity contribution in [2.75, 3.05) is 5.32 Å². The molecule has 0 bridgehead atoms. The minimum Gasteiger partial charge on any atom is -0.367 e. The van der Waals surface area contributed by atoms with Crippen molar-refractivity contribution in [2.45, 2.75) is 88.4 Å². The van der Waals surface area contributed by atoms with E-state index in [-0.39, 0.29) is 5.91 Å². The third-order valence-corrected chi connectivity index (χ3v) is 8.32. The summed E-state index contributed by atoms with van der Waals surface area (Å²) in [5.41, 5.74) is 2.99. The van der Waals surface area contributed by atoms with Crippen LogP contribution in [-0.2, 0) is 4.79 Å². The molecule has 3 saturated carbocycles. The zero-order valence-corrected chi connectivity index (χ0v) is 21.4. The van der Waals surface area contributed by atoms with E-state index in [0.29, 0.717) is 35.2 Å². The summed E-state index contributed by atoms with van der Waals surface area (Å²) in [5.74, 6) is 1.43. The number of hydrogen-bond acceptors (Lipinski definition) is 5. The molecule has 190 valence electrons. The fourth-order valence-electron chi connectivity index (χ4n) is 5.94. The minimum atomic E-state index is 0.289. The number of H-pyrrole nitrogens is 1. The summed E-state index contributed by atoms with van der Waals surface area (Å²) in [7, 11) is 0. The summed E-state index contributed by atoms with van der Waals surface area (Å²) < 4.78 is 0. The molecule has 8 heteroatoms. The zero-order valence-electron chi connectivity index (χ0n) is 20.6. The second-order valence-electron chi connectivity index (χ2n) is 10.9. The van der Waals surface area contributed by atoms with E-state index in [9.17, 15) is 4.79 Å². The summed E-state index contributed by atoms with van der Waals surface area (Å²) in [6.45, 7) is 0. The van der Waals surface area contributed by atoms with Gasteiger partial charge in [-0.25, -0.2) is 9.97 Å². The Morgan fingerprint density at radius 3 is 2.33 bits per heavy atom. The molecule has 0 spiro atoms. The highest BCUT2D eigenvalue weighted by Crippen LogP contribution is 2.32. The van der Waals surface area contributed by atoms with Crippen molar-refractivity contribution in [2.24, 2.45) is 5.92 Å². The molecule has 0 aliphatic heterocycles. The van der Waals surface area contributed by atoms with Gasteiger partial charge in [-0.2, -0.15) is 0 Å². The Morgan fingerprint density at radius 2 is 1.61 bits per heavy atom. The quantitative estimate of drug-likeness (QED) is 0.320. The Hall–Kier alpha value is -2.64. The number of nitrogens with one attached hydrogen (secondary N) is 4. The molecule has 3 heterocycles. The monoisotopic (exact) mass is 506 g/mol. The lowest BCUT2D eigenvalue weighted by molar-refractivity contribution is -0.123. The van der Waals surface area contributed by atoms with Crippen molar-refractivity contribution in [1.82, 2.24) is 25.6 Å². The SMILES string of the molecule is O=C(NC1CCC(NC2CCC(Nc3cc(-c4c[nH]c5ncccc45)cc(Cl)n3)CC2)CC1)C1CC1. The first-order chi connectivity index (χ1) is 17.6. The van der Waals surface area contributed by atoms with Gasteiger partial charge < -0.3 is 20.9 Å². The fraction of sp³-hybridized carbons (Fsp3) is 0.536. The molecule has 0 aromatic carbocycles. The molecular formula is C28H35ClN6O. The summed E-state index contributed by atoms with van der Waals surface area (Å²) in [5, 5.41) is 12.4. The maximum atomic E-state index is 12.0. The fourth-order valence-corrected chi connectivity index (χ4v) is 6.15. The Labute approximate surface area is 217 Å². The average molecular weight is 507 g/mol. The summed E-state index contributed by atoms with van der Waals surface area (Å²) in [6, 6.07) is 9.96. The predicted molar refractivity (Wildman–Crippen MR) is 144 cm³/mol. The lowest BCUT2D eigenvalue weighted by Crippen LogP contribution is -2.47. The van der Waals surface area contributed by atoms with Crippen LogP contribution < -0.4 is 16.0 Å². The van der Waals surface area contributed by atoms with Gasteiger partial charge in [-0.05, 0) is 94.0 Å². The summed E-state index contributed by atoms with van der Waals surface area (Å²) in [4.78, 5) is 24.2. The maximum absolute atomic E-state index is 12.0. The third kappa shape index (κ3) is 5.52. The molecule has 7 nitrogen and oxygen atoms in total. The van der Waals surface area contributed by atoms with E-state index >= 15 is 0 Å². The maximum Gasteiger partial charge on any atom is 0.223 e. The molecule has 36 heavy (non-hydrogen) atoms. The Kier molecular flexibility index (Phi) is 6.85. The van der Waals surface area contributed by atoms with Gasteiger partial charge in [0.25, 0.3) is 0 Å². The number of rotatable bonds is 7. The zero-order chi connectivity index (χ0) is 24.5. The van der Waals surface area contributed by atoms with E-state index in [1.807, 2.05) is 18.3 Å². The number of carbonyl (C=O) groups is 1.